The van der Waals surface area contributed by atoms with Crippen molar-refractivity contribution in [2.45, 2.75) is 13.0 Å². The highest BCUT2D eigenvalue weighted by Crippen LogP contribution is 1.94. The van der Waals surface area contributed by atoms with Gasteiger partial charge in [0.05, 0.1) is 12.7 Å². The van der Waals surface area contributed by atoms with Gasteiger partial charge in [0.2, 0.25) is 0 Å². The van der Waals surface area contributed by atoms with Gasteiger partial charge < -0.3 is 15.1 Å². The standard InChI is InChI=1S/C8H15N3O/c1-9-3-2-4-10-5-8-6-11-7-12-8/h6-7,9-10H,2-5H2,1H3. The molecule has 1 heterocycles. The second-order valence-electron chi connectivity index (χ2n) is 2.60. The van der Waals surface area contributed by atoms with Crippen LogP contribution in [-0.4, -0.2) is 25.1 Å². The molecule has 1 aromatic heterocycles. The zero-order chi connectivity index (χ0) is 8.65. The van der Waals surface area contributed by atoms with Gasteiger partial charge in [-0.25, -0.2) is 4.98 Å². The molecule has 4 nitrogen and oxygen atoms in total. The summed E-state index contributed by atoms with van der Waals surface area (Å²) >= 11 is 0. The van der Waals surface area contributed by atoms with Gasteiger partial charge in [0.15, 0.2) is 6.39 Å². The van der Waals surface area contributed by atoms with E-state index in [1.165, 1.54) is 6.39 Å². The number of hydrogen-bond acceptors (Lipinski definition) is 4. The number of nitrogens with zero attached hydrogens (tertiary/aromatic N) is 1. The van der Waals surface area contributed by atoms with E-state index in [2.05, 4.69) is 15.6 Å². The maximum absolute atomic E-state index is 5.05. The Labute approximate surface area is 72.4 Å². The van der Waals surface area contributed by atoms with Crippen molar-refractivity contribution in [1.29, 1.82) is 0 Å². The average Bonchev–Trinajstić information content (AvgIpc) is 2.57. The van der Waals surface area contributed by atoms with Gasteiger partial charge in [0.25, 0.3) is 0 Å². The zero-order valence-electron chi connectivity index (χ0n) is 7.34. The van der Waals surface area contributed by atoms with Crippen LogP contribution < -0.4 is 10.6 Å². The second-order valence-corrected chi connectivity index (χ2v) is 2.60. The molecule has 0 aliphatic heterocycles. The summed E-state index contributed by atoms with van der Waals surface area (Å²) in [6.07, 6.45) is 4.31. The fourth-order valence-corrected chi connectivity index (χ4v) is 0.931. The van der Waals surface area contributed by atoms with Crippen molar-refractivity contribution in [2.75, 3.05) is 20.1 Å². The maximum atomic E-state index is 5.05. The Bertz CT molecular complexity index is 186. The lowest BCUT2D eigenvalue weighted by Gasteiger charge is -2.00. The van der Waals surface area contributed by atoms with Gasteiger partial charge in [0, 0.05) is 0 Å². The Morgan fingerprint density at radius 3 is 3.08 bits per heavy atom. The number of nitrogens with one attached hydrogen (secondary N) is 2. The van der Waals surface area contributed by atoms with E-state index < -0.39 is 0 Å². The highest BCUT2D eigenvalue weighted by atomic mass is 16.3. The normalized spacial score (nSPS) is 10.4. The SMILES string of the molecule is CNCCCNCc1cnco1. The monoisotopic (exact) mass is 169 g/mol. The molecular formula is C8H15N3O. The number of rotatable bonds is 6. The van der Waals surface area contributed by atoms with Gasteiger partial charge in [-0.1, -0.05) is 0 Å². The molecule has 0 amide bonds. The van der Waals surface area contributed by atoms with Gasteiger partial charge in [-0.3, -0.25) is 0 Å². The van der Waals surface area contributed by atoms with Crippen molar-refractivity contribution >= 4 is 0 Å². The molecule has 0 spiro atoms. The first-order valence-electron chi connectivity index (χ1n) is 4.16. The molecule has 0 aliphatic rings. The molecule has 0 aliphatic carbocycles. The fraction of sp³-hybridized carbons (Fsp3) is 0.625. The van der Waals surface area contributed by atoms with Crippen LogP contribution in [0.25, 0.3) is 0 Å². The third kappa shape index (κ3) is 3.50. The summed E-state index contributed by atoms with van der Waals surface area (Å²) in [6.45, 7) is 2.81. The van der Waals surface area contributed by atoms with E-state index in [0.29, 0.717) is 0 Å². The van der Waals surface area contributed by atoms with Crippen molar-refractivity contribution in [3.8, 4) is 0 Å². The lowest BCUT2D eigenvalue weighted by atomic mass is 10.4. The largest absolute Gasteiger partial charge is 0.447 e. The maximum Gasteiger partial charge on any atom is 0.180 e. The predicted octanol–water partition coefficient (Wildman–Crippen LogP) is 0.374. The summed E-state index contributed by atoms with van der Waals surface area (Å²) in [5.41, 5.74) is 0. The van der Waals surface area contributed by atoms with Crippen molar-refractivity contribution in [3.05, 3.63) is 18.4 Å². The van der Waals surface area contributed by atoms with Crippen LogP contribution in [0.3, 0.4) is 0 Å². The summed E-state index contributed by atoms with van der Waals surface area (Å²) in [5, 5.41) is 6.33. The molecule has 1 rings (SSSR count). The average molecular weight is 169 g/mol. The molecule has 0 bridgehead atoms. The molecule has 0 fully saturated rings. The Morgan fingerprint density at radius 2 is 2.42 bits per heavy atom. The van der Waals surface area contributed by atoms with E-state index in [-0.39, 0.29) is 0 Å². The Hall–Kier alpha value is -0.870. The zero-order valence-corrected chi connectivity index (χ0v) is 7.34. The molecule has 0 saturated heterocycles. The van der Waals surface area contributed by atoms with Crippen molar-refractivity contribution < 1.29 is 4.42 Å². The number of hydrogen-bond donors (Lipinski definition) is 2. The fourth-order valence-electron chi connectivity index (χ4n) is 0.931. The topological polar surface area (TPSA) is 50.1 Å². The third-order valence-corrected chi connectivity index (χ3v) is 1.56. The van der Waals surface area contributed by atoms with Crippen LogP contribution in [0.5, 0.6) is 0 Å². The molecule has 68 valence electrons. The van der Waals surface area contributed by atoms with Gasteiger partial charge in [-0.2, -0.15) is 0 Å². The van der Waals surface area contributed by atoms with E-state index in [4.69, 9.17) is 4.42 Å². The molecule has 0 unspecified atom stereocenters. The van der Waals surface area contributed by atoms with Crippen LogP contribution in [0.4, 0.5) is 0 Å². The summed E-state index contributed by atoms with van der Waals surface area (Å²) in [7, 11) is 1.95. The van der Waals surface area contributed by atoms with Crippen molar-refractivity contribution in [2.24, 2.45) is 0 Å². The first kappa shape index (κ1) is 9.22. The Morgan fingerprint density at radius 1 is 1.50 bits per heavy atom. The molecule has 0 radical (unpaired) electrons. The summed E-state index contributed by atoms with van der Waals surface area (Å²) in [4.78, 5) is 3.82. The minimum absolute atomic E-state index is 0.768. The van der Waals surface area contributed by atoms with E-state index in [1.807, 2.05) is 7.05 Å². The molecule has 4 heteroatoms. The summed E-state index contributed by atoms with van der Waals surface area (Å²) in [6, 6.07) is 0. The lowest BCUT2D eigenvalue weighted by molar-refractivity contribution is 0.476. The first-order valence-corrected chi connectivity index (χ1v) is 4.16. The summed E-state index contributed by atoms with van der Waals surface area (Å²) < 4.78 is 5.05. The Kier molecular flexibility index (Phi) is 4.41. The quantitative estimate of drug-likeness (QED) is 0.604. The number of aromatic nitrogens is 1. The molecule has 0 saturated carbocycles. The molecule has 1 aromatic rings. The van der Waals surface area contributed by atoms with Gasteiger partial charge in [0.1, 0.15) is 5.76 Å². The first-order chi connectivity index (χ1) is 5.93. The van der Waals surface area contributed by atoms with Crippen LogP contribution in [0.2, 0.25) is 0 Å². The van der Waals surface area contributed by atoms with Gasteiger partial charge >= 0.3 is 0 Å². The highest BCUT2D eigenvalue weighted by molar-refractivity contribution is 4.86. The second kappa shape index (κ2) is 5.74. The minimum atomic E-state index is 0.768. The number of oxazole rings is 1. The molecule has 0 atom stereocenters. The van der Waals surface area contributed by atoms with Crippen LogP contribution in [-0.2, 0) is 6.54 Å². The van der Waals surface area contributed by atoms with Crippen molar-refractivity contribution in [1.82, 2.24) is 15.6 Å². The highest BCUT2D eigenvalue weighted by Gasteiger charge is 1.93. The van der Waals surface area contributed by atoms with Gasteiger partial charge in [-0.05, 0) is 26.6 Å². The lowest BCUT2D eigenvalue weighted by Crippen LogP contribution is -2.19. The van der Waals surface area contributed by atoms with Crippen LogP contribution in [0.15, 0.2) is 17.0 Å². The van der Waals surface area contributed by atoms with Crippen molar-refractivity contribution in [3.63, 3.8) is 0 Å². The third-order valence-electron chi connectivity index (χ3n) is 1.56. The predicted molar refractivity (Wildman–Crippen MR) is 46.8 cm³/mol. The van der Waals surface area contributed by atoms with Crippen LogP contribution in [0, 0.1) is 0 Å². The Balaban J connectivity index is 1.96. The van der Waals surface area contributed by atoms with Crippen LogP contribution >= 0.6 is 0 Å². The smallest absolute Gasteiger partial charge is 0.180 e. The molecule has 2 N–H and O–H groups in total. The van der Waals surface area contributed by atoms with Crippen LogP contribution in [0.1, 0.15) is 12.2 Å². The summed E-state index contributed by atoms with van der Waals surface area (Å²) in [5.74, 6) is 0.888. The van der Waals surface area contributed by atoms with E-state index in [9.17, 15) is 0 Å². The van der Waals surface area contributed by atoms with Gasteiger partial charge in [-0.15, -0.1) is 0 Å². The van der Waals surface area contributed by atoms with E-state index >= 15 is 0 Å². The van der Waals surface area contributed by atoms with E-state index in [1.54, 1.807) is 6.20 Å². The minimum Gasteiger partial charge on any atom is -0.447 e. The molecular weight excluding hydrogens is 154 g/mol. The molecule has 0 aromatic carbocycles. The molecule has 12 heavy (non-hydrogen) atoms. The van der Waals surface area contributed by atoms with E-state index in [0.717, 1.165) is 31.8 Å².